The summed E-state index contributed by atoms with van der Waals surface area (Å²) in [7, 11) is 0. The molecule has 0 bridgehead atoms. The Labute approximate surface area is 227 Å². The zero-order valence-corrected chi connectivity index (χ0v) is 23.0. The van der Waals surface area contributed by atoms with Gasteiger partial charge in [-0.25, -0.2) is 9.37 Å². The van der Waals surface area contributed by atoms with E-state index in [0.717, 1.165) is 53.5 Å². The Kier molecular flexibility index (Phi) is 10.8. The van der Waals surface area contributed by atoms with Gasteiger partial charge in [-0.15, -0.1) is 11.3 Å². The van der Waals surface area contributed by atoms with E-state index in [4.69, 9.17) is 24.3 Å². The summed E-state index contributed by atoms with van der Waals surface area (Å²) in [6, 6.07) is 6.42. The summed E-state index contributed by atoms with van der Waals surface area (Å²) in [6.07, 6.45) is 4.00. The Balaban J connectivity index is 1.50. The molecule has 0 saturated carbocycles. The molecule has 1 amide bonds. The van der Waals surface area contributed by atoms with Gasteiger partial charge in [0.05, 0.1) is 44.1 Å². The SMILES string of the molecule is CCOCC(COCC)N1CC(c2ccc(F)cc2)=C(c2nc(CC(=O)NCC3CCOCC3)cs2)C=N1. The first-order valence-corrected chi connectivity index (χ1v) is 14.2. The van der Waals surface area contributed by atoms with E-state index in [0.29, 0.717) is 45.4 Å². The lowest BCUT2D eigenvalue weighted by Crippen LogP contribution is -2.41. The summed E-state index contributed by atoms with van der Waals surface area (Å²) in [4.78, 5) is 17.3. The largest absolute Gasteiger partial charge is 0.381 e. The highest BCUT2D eigenvalue weighted by molar-refractivity contribution is 7.11. The number of allylic oxidation sites excluding steroid dienone is 1. The van der Waals surface area contributed by atoms with Gasteiger partial charge in [-0.2, -0.15) is 5.10 Å². The van der Waals surface area contributed by atoms with E-state index in [1.807, 2.05) is 24.2 Å². The average Bonchev–Trinajstić information content (AvgIpc) is 3.41. The molecule has 1 aromatic heterocycles. The van der Waals surface area contributed by atoms with Crippen LogP contribution in [-0.2, 0) is 25.4 Å². The second kappa shape index (κ2) is 14.5. The molecule has 0 atom stereocenters. The van der Waals surface area contributed by atoms with Crippen LogP contribution in [0.4, 0.5) is 4.39 Å². The first-order valence-electron chi connectivity index (χ1n) is 13.3. The summed E-state index contributed by atoms with van der Waals surface area (Å²) in [5, 5.41) is 12.4. The quantitative estimate of drug-likeness (QED) is 0.410. The summed E-state index contributed by atoms with van der Waals surface area (Å²) >= 11 is 1.48. The molecule has 1 saturated heterocycles. The van der Waals surface area contributed by atoms with Crippen molar-refractivity contribution in [2.75, 3.05) is 52.7 Å². The van der Waals surface area contributed by atoms with E-state index in [-0.39, 0.29) is 24.2 Å². The number of benzene rings is 1. The Morgan fingerprint density at radius 3 is 2.58 bits per heavy atom. The van der Waals surface area contributed by atoms with Crippen molar-refractivity contribution in [1.82, 2.24) is 15.3 Å². The van der Waals surface area contributed by atoms with Crippen LogP contribution in [0.3, 0.4) is 0 Å². The predicted octanol–water partition coefficient (Wildman–Crippen LogP) is 4.02. The van der Waals surface area contributed by atoms with Gasteiger partial charge >= 0.3 is 0 Å². The van der Waals surface area contributed by atoms with Crippen LogP contribution < -0.4 is 5.32 Å². The van der Waals surface area contributed by atoms with Gasteiger partial charge in [-0.1, -0.05) is 12.1 Å². The number of carbonyl (C=O) groups excluding carboxylic acids is 1. The Morgan fingerprint density at radius 2 is 1.89 bits per heavy atom. The van der Waals surface area contributed by atoms with Gasteiger partial charge in [-0.05, 0) is 55.9 Å². The van der Waals surface area contributed by atoms with E-state index in [2.05, 4.69) is 5.32 Å². The Bertz CT molecular complexity index is 1090. The lowest BCUT2D eigenvalue weighted by molar-refractivity contribution is -0.120. The van der Waals surface area contributed by atoms with Crippen molar-refractivity contribution in [1.29, 1.82) is 0 Å². The smallest absolute Gasteiger partial charge is 0.226 e. The molecule has 0 radical (unpaired) electrons. The van der Waals surface area contributed by atoms with Crippen LogP contribution >= 0.6 is 11.3 Å². The number of aromatic nitrogens is 1. The number of rotatable bonds is 13. The molecule has 0 aliphatic carbocycles. The van der Waals surface area contributed by atoms with Gasteiger partial charge in [0.2, 0.25) is 5.91 Å². The van der Waals surface area contributed by atoms with Gasteiger partial charge in [0.1, 0.15) is 10.8 Å². The molecular formula is C28H37FN4O4S. The summed E-state index contributed by atoms with van der Waals surface area (Å²) < 4.78 is 30.5. The van der Waals surface area contributed by atoms with Crippen LogP contribution in [0.15, 0.2) is 34.7 Å². The highest BCUT2D eigenvalue weighted by Gasteiger charge is 2.26. The zero-order chi connectivity index (χ0) is 26.7. The van der Waals surface area contributed by atoms with Crippen LogP contribution in [0.2, 0.25) is 0 Å². The highest BCUT2D eigenvalue weighted by Crippen LogP contribution is 2.32. The lowest BCUT2D eigenvalue weighted by atomic mass is 9.98. The molecule has 3 heterocycles. The minimum absolute atomic E-state index is 0.0285. The number of nitrogens with one attached hydrogen (secondary N) is 1. The molecule has 1 fully saturated rings. The molecule has 1 aromatic carbocycles. The minimum Gasteiger partial charge on any atom is -0.381 e. The van der Waals surface area contributed by atoms with Crippen LogP contribution in [-0.4, -0.2) is 80.9 Å². The van der Waals surface area contributed by atoms with E-state index < -0.39 is 0 Å². The molecule has 0 spiro atoms. The molecule has 0 unspecified atom stereocenters. The number of halogens is 1. The van der Waals surface area contributed by atoms with Crippen LogP contribution in [0.25, 0.3) is 11.1 Å². The maximum absolute atomic E-state index is 13.7. The van der Waals surface area contributed by atoms with E-state index in [1.54, 1.807) is 18.3 Å². The number of hydrazone groups is 1. The molecular weight excluding hydrogens is 507 g/mol. The molecule has 38 heavy (non-hydrogen) atoms. The minimum atomic E-state index is -0.286. The predicted molar refractivity (Wildman–Crippen MR) is 148 cm³/mol. The van der Waals surface area contributed by atoms with Crippen molar-refractivity contribution in [3.05, 3.63) is 51.7 Å². The third kappa shape index (κ3) is 7.92. The molecule has 1 N–H and O–H groups in total. The number of ether oxygens (including phenoxy) is 3. The third-order valence-corrected chi connectivity index (χ3v) is 7.60. The fourth-order valence-electron chi connectivity index (χ4n) is 4.48. The fraction of sp³-hybridized carbons (Fsp3) is 0.536. The molecule has 2 aliphatic rings. The summed E-state index contributed by atoms with van der Waals surface area (Å²) in [6.45, 7) is 8.82. The lowest BCUT2D eigenvalue weighted by Gasteiger charge is -2.32. The third-order valence-electron chi connectivity index (χ3n) is 6.68. The van der Waals surface area contributed by atoms with Crippen LogP contribution in [0, 0.1) is 11.7 Å². The van der Waals surface area contributed by atoms with E-state index in [9.17, 15) is 9.18 Å². The number of amides is 1. The molecule has 206 valence electrons. The topological polar surface area (TPSA) is 85.3 Å². The summed E-state index contributed by atoms with van der Waals surface area (Å²) in [5.74, 6) is 0.156. The number of carbonyl (C=O) groups is 1. The van der Waals surface area contributed by atoms with Crippen molar-refractivity contribution >= 4 is 34.6 Å². The molecule has 10 heteroatoms. The van der Waals surface area contributed by atoms with Gasteiger partial charge < -0.3 is 19.5 Å². The van der Waals surface area contributed by atoms with Crippen molar-refractivity contribution < 1.29 is 23.4 Å². The van der Waals surface area contributed by atoms with Crippen molar-refractivity contribution in [2.45, 2.75) is 39.2 Å². The molecule has 2 aromatic rings. The number of nitrogens with zero attached hydrogens (tertiary/aromatic N) is 3. The van der Waals surface area contributed by atoms with Gasteiger partial charge in [0, 0.05) is 43.9 Å². The average molecular weight is 545 g/mol. The first-order chi connectivity index (χ1) is 18.6. The first kappa shape index (κ1) is 28.4. The molecule has 2 aliphatic heterocycles. The van der Waals surface area contributed by atoms with Gasteiger partial charge in [-0.3, -0.25) is 9.80 Å². The maximum atomic E-state index is 13.7. The normalized spacial score (nSPS) is 16.5. The summed E-state index contributed by atoms with van der Waals surface area (Å²) in [5.41, 5.74) is 3.48. The van der Waals surface area contributed by atoms with Crippen molar-refractivity contribution in [2.24, 2.45) is 11.0 Å². The van der Waals surface area contributed by atoms with Gasteiger partial charge in [0.25, 0.3) is 0 Å². The Morgan fingerprint density at radius 1 is 1.18 bits per heavy atom. The molecule has 4 rings (SSSR count). The number of hydrogen-bond donors (Lipinski definition) is 1. The second-order valence-corrected chi connectivity index (χ2v) is 10.3. The van der Waals surface area contributed by atoms with Gasteiger partial charge in [0.15, 0.2) is 0 Å². The standard InChI is InChI=1S/C28H37FN4O4S/c1-3-35-17-24(18-36-4-2)33-16-26(21-5-7-22(29)8-6-21)25(15-31-33)28-32-23(19-38-28)13-27(34)30-14-20-9-11-37-12-10-20/h5-8,15,19-20,24H,3-4,9-14,16-18H2,1-2H3,(H,30,34). The van der Waals surface area contributed by atoms with Crippen LogP contribution in [0.5, 0.6) is 0 Å². The van der Waals surface area contributed by atoms with Crippen molar-refractivity contribution in [3.63, 3.8) is 0 Å². The number of thiazole rings is 1. The Hall–Kier alpha value is -2.66. The monoisotopic (exact) mass is 544 g/mol. The molecule has 8 nitrogen and oxygen atoms in total. The van der Waals surface area contributed by atoms with E-state index >= 15 is 0 Å². The zero-order valence-electron chi connectivity index (χ0n) is 22.2. The second-order valence-electron chi connectivity index (χ2n) is 9.39. The van der Waals surface area contributed by atoms with E-state index in [1.165, 1.54) is 23.5 Å². The maximum Gasteiger partial charge on any atom is 0.226 e. The van der Waals surface area contributed by atoms with Crippen LogP contribution in [0.1, 0.15) is 43.0 Å². The van der Waals surface area contributed by atoms with Crippen molar-refractivity contribution in [3.8, 4) is 0 Å². The fourth-order valence-corrected chi connectivity index (χ4v) is 5.34. The number of hydrogen-bond acceptors (Lipinski definition) is 8. The highest BCUT2D eigenvalue weighted by atomic mass is 32.1.